The first-order valence-corrected chi connectivity index (χ1v) is 7.57. The van der Waals surface area contributed by atoms with E-state index in [1.54, 1.807) is 6.20 Å². The molecule has 0 radical (unpaired) electrons. The molecule has 2 aromatic rings. The van der Waals surface area contributed by atoms with Crippen molar-refractivity contribution >= 4 is 5.78 Å². The van der Waals surface area contributed by atoms with Crippen molar-refractivity contribution in [1.29, 1.82) is 0 Å². The van der Waals surface area contributed by atoms with Gasteiger partial charge in [0.05, 0.1) is 0 Å². The van der Waals surface area contributed by atoms with Crippen molar-refractivity contribution in [3.63, 3.8) is 0 Å². The summed E-state index contributed by atoms with van der Waals surface area (Å²) in [6.07, 6.45) is 5.51. The van der Waals surface area contributed by atoms with E-state index in [2.05, 4.69) is 43.4 Å². The second-order valence-corrected chi connectivity index (χ2v) is 7.11. The number of pyridine rings is 1. The van der Waals surface area contributed by atoms with Crippen LogP contribution in [0.5, 0.6) is 0 Å². The van der Waals surface area contributed by atoms with Crippen LogP contribution in [-0.2, 0) is 11.8 Å². The van der Waals surface area contributed by atoms with Crippen LogP contribution >= 0.6 is 0 Å². The van der Waals surface area contributed by atoms with Gasteiger partial charge in [0.1, 0.15) is 5.82 Å². The standard InChI is InChI=1S/C18H22N2O/c1-12-9-14-17(15(21)10-12)13(18(2,3)4)11-20(14)16-7-5-6-8-19-16/h5-8,11-12H,9-10H2,1-4H3. The summed E-state index contributed by atoms with van der Waals surface area (Å²) in [5.74, 6) is 1.57. The first kappa shape index (κ1) is 14.1. The third kappa shape index (κ3) is 2.41. The highest BCUT2D eigenvalue weighted by Gasteiger charge is 2.33. The summed E-state index contributed by atoms with van der Waals surface area (Å²) in [6.45, 7) is 8.64. The summed E-state index contributed by atoms with van der Waals surface area (Å²) < 4.78 is 2.11. The number of Topliss-reactive ketones (excluding diaryl/α,β-unsaturated/α-hetero) is 1. The minimum Gasteiger partial charge on any atom is -0.305 e. The fraction of sp³-hybridized carbons (Fsp3) is 0.444. The molecule has 0 fully saturated rings. The maximum Gasteiger partial charge on any atom is 0.165 e. The second-order valence-electron chi connectivity index (χ2n) is 7.11. The number of aromatic nitrogens is 2. The van der Waals surface area contributed by atoms with Gasteiger partial charge in [-0.25, -0.2) is 4.98 Å². The molecule has 0 saturated heterocycles. The fourth-order valence-corrected chi connectivity index (χ4v) is 3.15. The number of fused-ring (bicyclic) bond motifs is 1. The predicted octanol–water partition coefficient (Wildman–Crippen LogP) is 3.93. The minimum atomic E-state index is -0.0413. The number of carbonyl (C=O) groups excluding carboxylic acids is 1. The van der Waals surface area contributed by atoms with Crippen molar-refractivity contribution in [2.45, 2.75) is 46.0 Å². The Morgan fingerprint density at radius 3 is 2.62 bits per heavy atom. The summed E-state index contributed by atoms with van der Waals surface area (Å²) in [5.41, 5.74) is 3.16. The average molecular weight is 282 g/mol. The van der Waals surface area contributed by atoms with Gasteiger partial charge in [-0.15, -0.1) is 0 Å². The van der Waals surface area contributed by atoms with Crippen molar-refractivity contribution in [2.24, 2.45) is 5.92 Å². The zero-order chi connectivity index (χ0) is 15.2. The van der Waals surface area contributed by atoms with Crippen LogP contribution in [-0.4, -0.2) is 15.3 Å². The molecule has 1 aliphatic rings. The molecule has 110 valence electrons. The maximum absolute atomic E-state index is 12.6. The number of carbonyl (C=O) groups is 1. The van der Waals surface area contributed by atoms with Crippen LogP contribution in [0.2, 0.25) is 0 Å². The first-order valence-electron chi connectivity index (χ1n) is 7.57. The van der Waals surface area contributed by atoms with Crippen molar-refractivity contribution in [3.05, 3.63) is 47.4 Å². The third-order valence-electron chi connectivity index (χ3n) is 4.17. The molecule has 2 aromatic heterocycles. The van der Waals surface area contributed by atoms with E-state index in [9.17, 15) is 4.79 Å². The average Bonchev–Trinajstić information content (AvgIpc) is 2.79. The van der Waals surface area contributed by atoms with Crippen molar-refractivity contribution in [2.75, 3.05) is 0 Å². The normalized spacial score (nSPS) is 18.7. The van der Waals surface area contributed by atoms with E-state index < -0.39 is 0 Å². The van der Waals surface area contributed by atoms with Gasteiger partial charge in [0, 0.05) is 30.1 Å². The van der Waals surface area contributed by atoms with Gasteiger partial charge in [-0.1, -0.05) is 33.8 Å². The molecule has 1 atom stereocenters. The van der Waals surface area contributed by atoms with Crippen LogP contribution in [0.25, 0.3) is 5.82 Å². The summed E-state index contributed by atoms with van der Waals surface area (Å²) in [4.78, 5) is 17.0. The SMILES string of the molecule is CC1CC(=O)c2c(C(C)(C)C)cn(-c3ccccn3)c2C1. The lowest BCUT2D eigenvalue weighted by Gasteiger charge is -2.23. The lowest BCUT2D eigenvalue weighted by atomic mass is 9.79. The molecule has 21 heavy (non-hydrogen) atoms. The molecule has 3 heteroatoms. The van der Waals surface area contributed by atoms with E-state index >= 15 is 0 Å². The topological polar surface area (TPSA) is 34.9 Å². The monoisotopic (exact) mass is 282 g/mol. The summed E-state index contributed by atoms with van der Waals surface area (Å²) >= 11 is 0. The zero-order valence-electron chi connectivity index (χ0n) is 13.2. The number of nitrogens with zero attached hydrogens (tertiary/aromatic N) is 2. The number of rotatable bonds is 1. The molecule has 3 rings (SSSR count). The Labute approximate surface area is 126 Å². The van der Waals surface area contributed by atoms with Crippen LogP contribution < -0.4 is 0 Å². The van der Waals surface area contributed by atoms with Gasteiger partial charge in [-0.05, 0) is 35.4 Å². The van der Waals surface area contributed by atoms with Crippen LogP contribution in [0.15, 0.2) is 30.6 Å². The highest BCUT2D eigenvalue weighted by Crippen LogP contribution is 2.36. The van der Waals surface area contributed by atoms with Crippen molar-refractivity contribution in [3.8, 4) is 5.82 Å². The minimum absolute atomic E-state index is 0.0413. The maximum atomic E-state index is 12.6. The first-order chi connectivity index (χ1) is 9.88. The molecule has 1 aliphatic carbocycles. The van der Waals surface area contributed by atoms with Gasteiger partial charge in [-0.2, -0.15) is 0 Å². The summed E-state index contributed by atoms with van der Waals surface area (Å²) in [6, 6.07) is 5.90. The molecule has 0 amide bonds. The van der Waals surface area contributed by atoms with Crippen molar-refractivity contribution in [1.82, 2.24) is 9.55 Å². The predicted molar refractivity (Wildman–Crippen MR) is 84.1 cm³/mol. The Morgan fingerprint density at radius 2 is 2.00 bits per heavy atom. The lowest BCUT2D eigenvalue weighted by molar-refractivity contribution is 0.0950. The van der Waals surface area contributed by atoms with Gasteiger partial charge in [0.2, 0.25) is 0 Å². The van der Waals surface area contributed by atoms with E-state index in [0.717, 1.165) is 29.1 Å². The van der Waals surface area contributed by atoms with Gasteiger partial charge >= 0.3 is 0 Å². The van der Waals surface area contributed by atoms with Gasteiger partial charge < -0.3 is 4.57 Å². The highest BCUT2D eigenvalue weighted by atomic mass is 16.1. The molecule has 0 bridgehead atoms. The smallest absolute Gasteiger partial charge is 0.165 e. The Balaban J connectivity index is 2.25. The Morgan fingerprint density at radius 1 is 1.24 bits per heavy atom. The van der Waals surface area contributed by atoms with E-state index in [1.165, 1.54) is 0 Å². The lowest BCUT2D eigenvalue weighted by Crippen LogP contribution is -2.22. The highest BCUT2D eigenvalue weighted by molar-refractivity contribution is 6.00. The van der Waals surface area contributed by atoms with Crippen molar-refractivity contribution < 1.29 is 4.79 Å². The summed E-state index contributed by atoms with van der Waals surface area (Å²) in [7, 11) is 0. The van der Waals surface area contributed by atoms with Crippen LogP contribution in [0, 0.1) is 5.92 Å². The van der Waals surface area contributed by atoms with Gasteiger partial charge in [0.15, 0.2) is 5.78 Å². The molecule has 0 saturated carbocycles. The van der Waals surface area contributed by atoms with E-state index in [4.69, 9.17) is 0 Å². The molecule has 0 N–H and O–H groups in total. The van der Waals surface area contributed by atoms with Gasteiger partial charge in [-0.3, -0.25) is 4.79 Å². The Kier molecular flexibility index (Phi) is 3.23. The largest absolute Gasteiger partial charge is 0.305 e. The molecular weight excluding hydrogens is 260 g/mol. The number of ketones is 1. The Bertz CT molecular complexity index is 677. The molecule has 1 unspecified atom stereocenters. The van der Waals surface area contributed by atoms with Crippen LogP contribution in [0.3, 0.4) is 0 Å². The van der Waals surface area contributed by atoms with E-state index in [1.807, 2.05) is 18.2 Å². The van der Waals surface area contributed by atoms with Crippen LogP contribution in [0.4, 0.5) is 0 Å². The summed E-state index contributed by atoms with van der Waals surface area (Å²) in [5, 5.41) is 0. The van der Waals surface area contributed by atoms with Gasteiger partial charge in [0.25, 0.3) is 0 Å². The second kappa shape index (κ2) is 4.83. The molecule has 0 aromatic carbocycles. The molecule has 0 aliphatic heterocycles. The fourth-order valence-electron chi connectivity index (χ4n) is 3.15. The van der Waals surface area contributed by atoms with Crippen LogP contribution in [0.1, 0.15) is 55.7 Å². The Hall–Kier alpha value is -1.90. The molecule has 0 spiro atoms. The molecular formula is C18H22N2O. The zero-order valence-corrected chi connectivity index (χ0v) is 13.2. The quantitative estimate of drug-likeness (QED) is 0.794. The number of hydrogen-bond acceptors (Lipinski definition) is 2. The molecule has 3 nitrogen and oxygen atoms in total. The molecule has 2 heterocycles. The van der Waals surface area contributed by atoms with E-state index in [-0.39, 0.29) is 11.2 Å². The third-order valence-corrected chi connectivity index (χ3v) is 4.17. The number of hydrogen-bond donors (Lipinski definition) is 0. The van der Waals surface area contributed by atoms with E-state index in [0.29, 0.717) is 12.3 Å².